The van der Waals surface area contributed by atoms with E-state index in [1.54, 1.807) is 0 Å². The molecule has 0 aromatic rings. The van der Waals surface area contributed by atoms with Gasteiger partial charge in [0.2, 0.25) is 5.91 Å². The summed E-state index contributed by atoms with van der Waals surface area (Å²) in [4.78, 5) is 13.3. The molecule has 2 rings (SSSR count). The van der Waals surface area contributed by atoms with Crippen molar-refractivity contribution >= 4 is 5.91 Å². The third kappa shape index (κ3) is 1.80. The third-order valence-corrected chi connectivity index (χ3v) is 2.74. The van der Waals surface area contributed by atoms with Gasteiger partial charge in [0.15, 0.2) is 5.88 Å². The molecule has 2 fully saturated rings. The predicted molar refractivity (Wildman–Crippen MR) is 57.0 cm³/mol. The lowest BCUT2D eigenvalue weighted by atomic mass is 10.0. The molecule has 0 bridgehead atoms. The zero-order valence-corrected chi connectivity index (χ0v) is 9.54. The Morgan fingerprint density at radius 1 is 1.60 bits per heavy atom. The molecule has 15 heavy (non-hydrogen) atoms. The van der Waals surface area contributed by atoms with Crippen molar-refractivity contribution in [1.29, 1.82) is 0 Å². The largest absolute Gasteiger partial charge is 0.474 e. The maximum Gasteiger partial charge on any atom is 0.245 e. The highest BCUT2D eigenvalue weighted by Crippen LogP contribution is 2.30. The topological polar surface area (TPSA) is 41.6 Å². The molecule has 0 radical (unpaired) electrons. The van der Waals surface area contributed by atoms with Crippen molar-refractivity contribution in [2.45, 2.75) is 44.9 Å². The number of hydrogen-bond acceptors (Lipinski definition) is 3. The van der Waals surface area contributed by atoms with Gasteiger partial charge in [0.1, 0.15) is 11.6 Å². The van der Waals surface area contributed by atoms with E-state index in [1.165, 1.54) is 0 Å². The summed E-state index contributed by atoms with van der Waals surface area (Å²) in [5.74, 6) is 0.709. The fourth-order valence-electron chi connectivity index (χ4n) is 2.13. The number of rotatable bonds is 2. The summed E-state index contributed by atoms with van der Waals surface area (Å²) in [7, 11) is 0. The van der Waals surface area contributed by atoms with Crippen LogP contribution < -0.4 is 5.32 Å². The maximum atomic E-state index is 11.3. The van der Waals surface area contributed by atoms with Crippen LogP contribution in [0.25, 0.3) is 0 Å². The Bertz CT molecular complexity index is 306. The van der Waals surface area contributed by atoms with Gasteiger partial charge in [-0.25, -0.2) is 0 Å². The first-order valence-electron chi connectivity index (χ1n) is 5.33. The average molecular weight is 210 g/mol. The van der Waals surface area contributed by atoms with Crippen LogP contribution in [0.1, 0.15) is 27.2 Å². The number of nitrogens with zero attached hydrogens (tertiary/aromatic N) is 1. The van der Waals surface area contributed by atoms with E-state index < -0.39 is 0 Å². The fraction of sp³-hybridized carbons (Fsp3) is 0.727. The Kier molecular flexibility index (Phi) is 2.17. The fourth-order valence-corrected chi connectivity index (χ4v) is 2.13. The summed E-state index contributed by atoms with van der Waals surface area (Å²) in [6, 6.07) is 0.262. The van der Waals surface area contributed by atoms with Crippen LogP contribution in [0.3, 0.4) is 0 Å². The molecule has 2 aliphatic heterocycles. The number of nitrogens with one attached hydrogen (secondary N) is 1. The summed E-state index contributed by atoms with van der Waals surface area (Å²) < 4.78 is 5.67. The molecule has 0 saturated carbocycles. The van der Waals surface area contributed by atoms with Crippen molar-refractivity contribution in [3.8, 4) is 0 Å². The smallest absolute Gasteiger partial charge is 0.245 e. The van der Waals surface area contributed by atoms with Gasteiger partial charge in [0.05, 0.1) is 6.04 Å². The second-order valence-corrected chi connectivity index (χ2v) is 5.15. The summed E-state index contributed by atoms with van der Waals surface area (Å²) in [6.07, 6.45) is 0.989. The highest BCUT2D eigenvalue weighted by atomic mass is 16.5. The summed E-state index contributed by atoms with van der Waals surface area (Å²) in [5.41, 5.74) is -0.255. The van der Waals surface area contributed by atoms with Crippen molar-refractivity contribution in [2.24, 2.45) is 0 Å². The lowest BCUT2D eigenvalue weighted by Gasteiger charge is -2.38. The molecule has 1 amide bonds. The van der Waals surface area contributed by atoms with Gasteiger partial charge in [-0.2, -0.15) is 0 Å². The van der Waals surface area contributed by atoms with Crippen molar-refractivity contribution in [3.63, 3.8) is 0 Å². The Balaban J connectivity index is 2.00. The van der Waals surface area contributed by atoms with Crippen LogP contribution in [0.2, 0.25) is 0 Å². The number of fused-ring (bicyclic) bond motifs is 1. The van der Waals surface area contributed by atoms with Crippen LogP contribution >= 0.6 is 0 Å². The van der Waals surface area contributed by atoms with Gasteiger partial charge < -0.3 is 15.0 Å². The minimum absolute atomic E-state index is 0.0418. The lowest BCUT2D eigenvalue weighted by molar-refractivity contribution is -0.135. The average Bonchev–Trinajstić information content (AvgIpc) is 2.38. The van der Waals surface area contributed by atoms with Crippen LogP contribution in [-0.4, -0.2) is 35.0 Å². The van der Waals surface area contributed by atoms with Gasteiger partial charge in [0.25, 0.3) is 0 Å². The van der Waals surface area contributed by atoms with E-state index in [1.807, 2.05) is 25.7 Å². The van der Waals surface area contributed by atoms with Crippen molar-refractivity contribution in [3.05, 3.63) is 12.5 Å². The van der Waals surface area contributed by atoms with Crippen LogP contribution in [0.5, 0.6) is 0 Å². The number of hydrogen-bond donors (Lipinski definition) is 1. The molecule has 0 spiro atoms. The third-order valence-electron chi connectivity index (χ3n) is 2.74. The molecule has 2 aliphatic rings. The van der Waals surface area contributed by atoms with Crippen LogP contribution in [0, 0.1) is 0 Å². The zero-order valence-electron chi connectivity index (χ0n) is 9.54. The minimum atomic E-state index is -0.255. The highest BCUT2D eigenvalue weighted by molar-refractivity contribution is 5.90. The van der Waals surface area contributed by atoms with E-state index in [4.69, 9.17) is 4.74 Å². The van der Waals surface area contributed by atoms with Crippen LogP contribution in [-0.2, 0) is 9.53 Å². The first-order valence-corrected chi connectivity index (χ1v) is 5.33. The molecule has 0 aromatic heterocycles. The van der Waals surface area contributed by atoms with Crippen molar-refractivity contribution in [2.75, 3.05) is 6.54 Å². The van der Waals surface area contributed by atoms with Gasteiger partial charge in [0, 0.05) is 6.54 Å². The second-order valence-electron chi connectivity index (χ2n) is 5.15. The monoisotopic (exact) mass is 210 g/mol. The number of likely N-dealkylation sites (tertiary alicyclic amines) is 1. The van der Waals surface area contributed by atoms with Crippen molar-refractivity contribution < 1.29 is 9.53 Å². The molecule has 2 heterocycles. The normalized spacial score (nSPS) is 29.3. The second kappa shape index (κ2) is 3.15. The van der Waals surface area contributed by atoms with Crippen LogP contribution in [0.4, 0.5) is 0 Å². The number of carbonyl (C=O) groups excluding carboxylic acids is 1. The first kappa shape index (κ1) is 10.3. The number of ether oxygens (including phenoxy) is 1. The van der Waals surface area contributed by atoms with Gasteiger partial charge in [-0.1, -0.05) is 0 Å². The molecule has 0 aromatic carbocycles. The van der Waals surface area contributed by atoms with E-state index in [2.05, 4.69) is 11.9 Å². The Hall–Kier alpha value is -1.19. The molecule has 4 nitrogen and oxygen atoms in total. The predicted octanol–water partition coefficient (Wildman–Crippen LogP) is 0.845. The molecular weight excluding hydrogens is 192 g/mol. The number of amides is 1. The molecule has 2 saturated heterocycles. The number of carbonyl (C=O) groups is 1. The standard InChI is InChI=1S/C11H18N2O2/c1-7(15-11(2,3)4)13-6-5-8-9(13)10(14)12-8/h8-9H,1,5-6H2,2-4H3,(H,12,14)/t8-,9+/m1/s1. The van der Waals surface area contributed by atoms with E-state index in [0.717, 1.165) is 13.0 Å². The van der Waals surface area contributed by atoms with Gasteiger partial charge in [-0.05, 0) is 33.8 Å². The van der Waals surface area contributed by atoms with Gasteiger partial charge >= 0.3 is 0 Å². The van der Waals surface area contributed by atoms with Gasteiger partial charge in [-0.3, -0.25) is 4.79 Å². The lowest BCUT2D eigenvalue weighted by Crippen LogP contribution is -2.64. The molecule has 84 valence electrons. The molecular formula is C11H18N2O2. The summed E-state index contributed by atoms with van der Waals surface area (Å²) >= 11 is 0. The van der Waals surface area contributed by atoms with E-state index in [9.17, 15) is 4.79 Å². The first-order chi connectivity index (χ1) is 6.88. The molecule has 0 aliphatic carbocycles. The molecule has 0 unspecified atom stereocenters. The molecule has 4 heteroatoms. The van der Waals surface area contributed by atoms with Crippen LogP contribution in [0.15, 0.2) is 12.5 Å². The summed E-state index contributed by atoms with van der Waals surface area (Å²) in [6.45, 7) is 10.7. The zero-order chi connectivity index (χ0) is 11.2. The quantitative estimate of drug-likeness (QED) is 0.542. The SMILES string of the molecule is C=C(OC(C)(C)C)N1CC[C@H]2NC(=O)[C@H]21. The minimum Gasteiger partial charge on any atom is -0.474 e. The van der Waals surface area contributed by atoms with E-state index in [-0.39, 0.29) is 17.6 Å². The van der Waals surface area contributed by atoms with Crippen molar-refractivity contribution in [1.82, 2.24) is 10.2 Å². The van der Waals surface area contributed by atoms with E-state index in [0.29, 0.717) is 11.9 Å². The summed E-state index contributed by atoms with van der Waals surface area (Å²) in [5, 5.41) is 2.88. The number of β-lactam (4-membered cyclic amide) rings is 1. The Labute approximate surface area is 90.3 Å². The van der Waals surface area contributed by atoms with Gasteiger partial charge in [-0.15, -0.1) is 0 Å². The van der Waals surface area contributed by atoms with E-state index >= 15 is 0 Å². The molecule has 2 atom stereocenters. The maximum absolute atomic E-state index is 11.3. The molecule has 1 N–H and O–H groups in total. The Morgan fingerprint density at radius 2 is 2.27 bits per heavy atom. The Morgan fingerprint density at radius 3 is 2.80 bits per heavy atom. The highest BCUT2D eigenvalue weighted by Gasteiger charge is 2.49.